The standard InChI is InChI=1S/C17H14N2O9S/c1-17(15(16(24)25)19-12(22)6-13(19)29(17,26)27)11-5-10(28-18-11)14(23)7-2-3-8(20)9(21)4-7/h2-5,13,15,20-21H,6H2,1H3,(H,24,25)/t13-,15-,17+/m1/s1. The van der Waals surface area contributed by atoms with Gasteiger partial charge in [0.25, 0.3) is 0 Å². The summed E-state index contributed by atoms with van der Waals surface area (Å²) < 4.78 is 28.8. The number of fused-ring (bicyclic) bond motifs is 1. The van der Waals surface area contributed by atoms with Gasteiger partial charge in [-0.2, -0.15) is 0 Å². The number of aliphatic carboxylic acids is 1. The topological polar surface area (TPSA) is 175 Å². The normalized spacial score (nSPS) is 27.3. The van der Waals surface area contributed by atoms with E-state index in [4.69, 9.17) is 4.52 Å². The zero-order chi connectivity index (χ0) is 21.3. The number of benzene rings is 1. The van der Waals surface area contributed by atoms with Gasteiger partial charge in [-0.25, -0.2) is 13.2 Å². The van der Waals surface area contributed by atoms with E-state index in [1.807, 2.05) is 0 Å². The fourth-order valence-electron chi connectivity index (χ4n) is 3.74. The van der Waals surface area contributed by atoms with Crippen LogP contribution < -0.4 is 0 Å². The molecule has 0 unspecified atom stereocenters. The lowest BCUT2D eigenvalue weighted by Gasteiger charge is -2.35. The first-order valence-corrected chi connectivity index (χ1v) is 9.86. The van der Waals surface area contributed by atoms with Gasteiger partial charge in [-0.1, -0.05) is 5.16 Å². The van der Waals surface area contributed by atoms with Crippen LogP contribution in [0.1, 0.15) is 35.2 Å². The number of hydrogen-bond acceptors (Lipinski definition) is 9. The van der Waals surface area contributed by atoms with Crippen LogP contribution in [0.15, 0.2) is 28.8 Å². The van der Waals surface area contributed by atoms with Crippen LogP contribution in [0.25, 0.3) is 0 Å². The molecule has 2 aliphatic heterocycles. The summed E-state index contributed by atoms with van der Waals surface area (Å²) in [5.74, 6) is -4.28. The number of aromatic nitrogens is 1. The average molecular weight is 422 g/mol. The van der Waals surface area contributed by atoms with E-state index in [1.165, 1.54) is 6.07 Å². The maximum Gasteiger partial charge on any atom is 0.328 e. The highest BCUT2D eigenvalue weighted by Gasteiger charge is 2.71. The molecule has 4 rings (SSSR count). The summed E-state index contributed by atoms with van der Waals surface area (Å²) in [7, 11) is -4.18. The molecular weight excluding hydrogens is 408 g/mol. The molecule has 0 spiro atoms. The molecule has 0 saturated carbocycles. The molecule has 29 heavy (non-hydrogen) atoms. The lowest BCUT2D eigenvalue weighted by molar-refractivity contribution is -0.157. The zero-order valence-corrected chi connectivity index (χ0v) is 15.6. The van der Waals surface area contributed by atoms with Crippen LogP contribution in [0.5, 0.6) is 11.5 Å². The Kier molecular flexibility index (Phi) is 3.78. The van der Waals surface area contributed by atoms with E-state index in [1.54, 1.807) is 0 Å². The molecule has 1 amide bonds. The minimum Gasteiger partial charge on any atom is -0.504 e. The number of phenols is 2. The molecule has 2 fully saturated rings. The number of carbonyl (C=O) groups is 3. The fourth-order valence-corrected chi connectivity index (χ4v) is 6.12. The Labute approximate surface area is 163 Å². The van der Waals surface area contributed by atoms with E-state index < -0.39 is 60.9 Å². The predicted octanol–water partition coefficient (Wildman–Crippen LogP) is -0.0280. The first kappa shape index (κ1) is 18.9. The maximum absolute atomic E-state index is 13.0. The molecule has 0 aliphatic carbocycles. The molecule has 0 bridgehead atoms. The minimum atomic E-state index is -4.18. The van der Waals surface area contributed by atoms with Gasteiger partial charge in [-0.05, 0) is 25.1 Å². The Hall–Kier alpha value is -3.41. The van der Waals surface area contributed by atoms with Crippen LogP contribution in [0.4, 0.5) is 0 Å². The van der Waals surface area contributed by atoms with Crippen LogP contribution in [-0.4, -0.2) is 62.9 Å². The van der Waals surface area contributed by atoms with Gasteiger partial charge in [0.1, 0.15) is 15.8 Å². The monoisotopic (exact) mass is 422 g/mol. The second kappa shape index (κ2) is 5.80. The quantitative estimate of drug-likeness (QED) is 0.345. The van der Waals surface area contributed by atoms with Crippen LogP contribution in [-0.2, 0) is 24.2 Å². The van der Waals surface area contributed by atoms with Crippen molar-refractivity contribution in [3.8, 4) is 11.5 Å². The Morgan fingerprint density at radius 3 is 2.52 bits per heavy atom. The van der Waals surface area contributed by atoms with E-state index in [0.717, 1.165) is 30.0 Å². The predicted molar refractivity (Wildman–Crippen MR) is 92.7 cm³/mol. The Morgan fingerprint density at radius 1 is 1.24 bits per heavy atom. The molecule has 3 atom stereocenters. The summed E-state index contributed by atoms with van der Waals surface area (Å²) in [6.45, 7) is 1.13. The number of nitrogens with zero attached hydrogens (tertiary/aromatic N) is 2. The van der Waals surface area contributed by atoms with Gasteiger partial charge in [0, 0.05) is 11.6 Å². The van der Waals surface area contributed by atoms with Gasteiger partial charge in [0.05, 0.1) is 6.42 Å². The van der Waals surface area contributed by atoms with Gasteiger partial charge < -0.3 is 24.7 Å². The van der Waals surface area contributed by atoms with E-state index in [2.05, 4.69) is 5.16 Å². The van der Waals surface area contributed by atoms with Crippen LogP contribution in [0, 0.1) is 0 Å². The Bertz CT molecular complexity index is 1190. The summed E-state index contributed by atoms with van der Waals surface area (Å²) in [5, 5.41) is 30.8. The third-order valence-electron chi connectivity index (χ3n) is 5.41. The SMILES string of the molecule is C[C@]1(c2cc(C(=O)c3ccc(O)c(O)c3)on2)[C@@H](C(=O)O)N2C(=O)C[C@H]2S1(=O)=O. The summed E-state index contributed by atoms with van der Waals surface area (Å²) in [5.41, 5.74) is -0.394. The number of sulfone groups is 1. The van der Waals surface area contributed by atoms with E-state index in [9.17, 15) is 38.1 Å². The third-order valence-corrected chi connectivity index (χ3v) is 8.14. The highest BCUT2D eigenvalue weighted by atomic mass is 32.2. The molecule has 1 aromatic heterocycles. The maximum atomic E-state index is 13.0. The van der Waals surface area contributed by atoms with Gasteiger partial charge in [-0.3, -0.25) is 9.59 Å². The van der Waals surface area contributed by atoms with Crippen molar-refractivity contribution in [2.75, 3.05) is 0 Å². The molecule has 2 aromatic rings. The lowest BCUT2D eigenvalue weighted by atomic mass is 9.93. The molecule has 3 heterocycles. The largest absolute Gasteiger partial charge is 0.504 e. The number of aromatic hydroxyl groups is 2. The first-order valence-electron chi connectivity index (χ1n) is 8.31. The summed E-state index contributed by atoms with van der Waals surface area (Å²) >= 11 is 0. The number of amides is 1. The van der Waals surface area contributed by atoms with E-state index in [0.29, 0.717) is 0 Å². The van der Waals surface area contributed by atoms with E-state index in [-0.39, 0.29) is 17.7 Å². The number of rotatable bonds is 4. The second-order valence-corrected chi connectivity index (χ2v) is 9.44. The van der Waals surface area contributed by atoms with Crippen molar-refractivity contribution < 1.29 is 42.6 Å². The number of hydrogen-bond donors (Lipinski definition) is 3. The third kappa shape index (κ3) is 2.32. The van der Waals surface area contributed by atoms with Crippen molar-refractivity contribution in [2.45, 2.75) is 29.5 Å². The van der Waals surface area contributed by atoms with Gasteiger partial charge in [0.15, 0.2) is 27.4 Å². The van der Waals surface area contributed by atoms with Gasteiger partial charge in [0.2, 0.25) is 17.5 Å². The fraction of sp³-hybridized carbons (Fsp3) is 0.294. The second-order valence-electron chi connectivity index (χ2n) is 6.96. The summed E-state index contributed by atoms with van der Waals surface area (Å²) in [6.07, 6.45) is -0.321. The molecule has 3 N–H and O–H groups in total. The molecule has 2 aliphatic rings. The van der Waals surface area contributed by atoms with Crippen molar-refractivity contribution in [1.82, 2.24) is 10.1 Å². The number of β-lactam (4-membered cyclic amide) rings is 1. The molecular formula is C17H14N2O9S. The van der Waals surface area contributed by atoms with Crippen LogP contribution in [0.3, 0.4) is 0 Å². The highest BCUT2D eigenvalue weighted by molar-refractivity contribution is 7.93. The van der Waals surface area contributed by atoms with Crippen molar-refractivity contribution in [3.63, 3.8) is 0 Å². The highest BCUT2D eigenvalue weighted by Crippen LogP contribution is 2.51. The Balaban J connectivity index is 1.78. The number of ketones is 1. The minimum absolute atomic E-state index is 0.0730. The summed E-state index contributed by atoms with van der Waals surface area (Å²) in [6, 6.07) is 2.57. The smallest absolute Gasteiger partial charge is 0.328 e. The molecule has 1 aromatic carbocycles. The van der Waals surface area contributed by atoms with E-state index >= 15 is 0 Å². The van der Waals surface area contributed by atoms with Crippen LogP contribution in [0.2, 0.25) is 0 Å². The molecule has 2 saturated heterocycles. The molecule has 0 radical (unpaired) electrons. The van der Waals surface area contributed by atoms with Crippen molar-refractivity contribution in [1.29, 1.82) is 0 Å². The zero-order valence-electron chi connectivity index (χ0n) is 14.8. The lowest BCUT2D eigenvalue weighted by Crippen LogP contribution is -2.57. The number of phenolic OH excluding ortho intramolecular Hbond substituents is 2. The van der Waals surface area contributed by atoms with Crippen molar-refractivity contribution >= 4 is 27.5 Å². The summed E-state index contributed by atoms with van der Waals surface area (Å²) in [4.78, 5) is 37.0. The number of carboxylic acid groups (broad SMARTS) is 1. The molecule has 11 nitrogen and oxygen atoms in total. The molecule has 12 heteroatoms. The molecule has 152 valence electrons. The van der Waals surface area contributed by atoms with Crippen LogP contribution >= 0.6 is 0 Å². The van der Waals surface area contributed by atoms with Crippen molar-refractivity contribution in [2.24, 2.45) is 0 Å². The number of carboxylic acids is 1. The van der Waals surface area contributed by atoms with Gasteiger partial charge in [-0.15, -0.1) is 0 Å². The first-order chi connectivity index (χ1) is 13.5. The van der Waals surface area contributed by atoms with Crippen molar-refractivity contribution in [3.05, 3.63) is 41.3 Å². The average Bonchev–Trinajstić information content (AvgIpc) is 3.19. The Morgan fingerprint density at radius 2 is 1.93 bits per heavy atom. The van der Waals surface area contributed by atoms with Gasteiger partial charge >= 0.3 is 5.97 Å². The number of carbonyl (C=O) groups excluding carboxylic acids is 2.